The van der Waals surface area contributed by atoms with Crippen molar-refractivity contribution in [3.63, 3.8) is 0 Å². The molecule has 8 aromatic rings. The summed E-state index contributed by atoms with van der Waals surface area (Å²) in [5.41, 5.74) is 18.6. The second-order valence-electron chi connectivity index (χ2n) is 19.5. The summed E-state index contributed by atoms with van der Waals surface area (Å²) in [6, 6.07) is 55.1. The van der Waals surface area contributed by atoms with Gasteiger partial charge in [0.05, 0.1) is 68.7 Å². The lowest BCUT2D eigenvalue weighted by Crippen LogP contribution is -2.32. The van der Waals surface area contributed by atoms with Gasteiger partial charge in [0.15, 0.2) is 0 Å². The van der Waals surface area contributed by atoms with Gasteiger partial charge in [-0.3, -0.25) is 9.89 Å². The molecule has 1 aliphatic carbocycles. The number of para-hydroxylation sites is 4. The summed E-state index contributed by atoms with van der Waals surface area (Å²) in [6.07, 6.45) is 6.28. The van der Waals surface area contributed by atoms with E-state index in [2.05, 4.69) is 85.1 Å². The second kappa shape index (κ2) is 25.7. The zero-order valence-corrected chi connectivity index (χ0v) is 47.5. The molecule has 3 aliphatic rings. The molecule has 79 heavy (non-hydrogen) atoms. The Morgan fingerprint density at radius 1 is 0.684 bits per heavy atom. The molecule has 2 amide bonds. The number of anilines is 5. The van der Waals surface area contributed by atoms with E-state index >= 15 is 0 Å². The van der Waals surface area contributed by atoms with Gasteiger partial charge in [-0.05, 0) is 186 Å². The summed E-state index contributed by atoms with van der Waals surface area (Å²) in [6.45, 7) is 14.2. The van der Waals surface area contributed by atoms with E-state index in [0.717, 1.165) is 127 Å². The average Bonchev–Trinajstić information content (AvgIpc) is 3.75. The first kappa shape index (κ1) is 55.8. The van der Waals surface area contributed by atoms with E-state index in [1.165, 1.54) is 6.42 Å². The fraction of sp³-hybridized carbons (Fsp3) is 0.200. The fourth-order valence-electron chi connectivity index (χ4n) is 9.75. The molecule has 0 radical (unpaired) electrons. The zero-order valence-electron chi connectivity index (χ0n) is 45.2. The maximum absolute atomic E-state index is 11.8. The van der Waals surface area contributed by atoms with Crippen molar-refractivity contribution in [3.8, 4) is 22.8 Å². The number of methoxy groups -OCH3 is 1. The van der Waals surface area contributed by atoms with Crippen LogP contribution in [0.5, 0.6) is 5.75 Å². The number of hydrogen-bond donors (Lipinski definition) is 3. The average molecular weight is 1110 g/mol. The highest BCUT2D eigenvalue weighted by molar-refractivity contribution is 6.31. The first-order valence-electron chi connectivity index (χ1n) is 26.6. The maximum Gasteiger partial charge on any atom is 0.323 e. The number of rotatable bonds is 13. The van der Waals surface area contributed by atoms with Crippen LogP contribution in [0.2, 0.25) is 15.1 Å². The SMILES string of the molecule is CC(C)/N=c1\cc2n(-c3ccc(Cl)cc3)c3ccccc3nc-2cc1Nc1ccc(Cl)cc1.CCN(CC)CCCC(C)Nc1c2ccc(Cl)cc2nc2ccc(OC)cc12.NC(=O)N1c2ccccc2C=Cc2ccccc21. The molecule has 0 spiro atoms. The number of pyridine rings is 1. The van der Waals surface area contributed by atoms with E-state index < -0.39 is 6.03 Å². The van der Waals surface area contributed by atoms with Gasteiger partial charge < -0.3 is 30.6 Å². The standard InChI is InChI=1S/C27H22Cl2N4.C23H30ClN3O.C15H12N2O/c1-17(2)30-24-16-27-25(15-23(24)31-20-11-7-18(28)8-12-20)32-22-5-3-4-6-26(22)33(27)21-13-9-19(29)10-14-21;1-5-27(6-2)13-7-8-16(3)25-23-19-11-9-17(24)14-22(19)26-21-12-10-18(28-4)15-20(21)23;16-15(18)17-13-7-3-1-5-11(13)9-10-12-6-2-4-8-14(12)17/h3-17,31H,1-2H3;9-12,14-16H,5-8,13H2,1-4H3,(H,25,26);1-10H,(H2,16,18)/b30-24+;;. The second-order valence-corrected chi connectivity index (χ2v) is 20.8. The Morgan fingerprint density at radius 2 is 1.32 bits per heavy atom. The number of aromatic nitrogens is 3. The van der Waals surface area contributed by atoms with Crippen LogP contribution in [0.1, 0.15) is 58.6 Å². The van der Waals surface area contributed by atoms with Gasteiger partial charge in [0, 0.05) is 49.3 Å². The van der Waals surface area contributed by atoms with E-state index in [-0.39, 0.29) is 6.04 Å². The summed E-state index contributed by atoms with van der Waals surface area (Å²) in [5.74, 6) is 0.833. The number of nitrogens with one attached hydrogen (secondary N) is 2. The summed E-state index contributed by atoms with van der Waals surface area (Å²) < 4.78 is 7.65. The molecule has 1 aromatic heterocycles. The number of hydrogen-bond acceptors (Lipinski definition) is 8. The zero-order chi connectivity index (χ0) is 55.6. The lowest BCUT2D eigenvalue weighted by atomic mass is 10.1. The predicted molar refractivity (Wildman–Crippen MR) is 333 cm³/mol. The highest BCUT2D eigenvalue weighted by atomic mass is 35.5. The number of nitrogens with two attached hydrogens (primary N) is 1. The van der Waals surface area contributed by atoms with Gasteiger partial charge in [0.2, 0.25) is 0 Å². The first-order chi connectivity index (χ1) is 38.3. The van der Waals surface area contributed by atoms with Crippen LogP contribution < -0.4 is 31.4 Å². The number of fused-ring (bicyclic) bond motifs is 6. The molecule has 3 heterocycles. The van der Waals surface area contributed by atoms with Crippen LogP contribution in [0.25, 0.3) is 62.1 Å². The number of primary amides is 1. The van der Waals surface area contributed by atoms with Gasteiger partial charge in [0.25, 0.3) is 0 Å². The fourth-order valence-corrected chi connectivity index (χ4v) is 10.2. The molecule has 0 fully saturated rings. The lowest BCUT2D eigenvalue weighted by molar-refractivity contribution is 0.256. The Balaban J connectivity index is 0.000000150. The maximum atomic E-state index is 11.8. The Morgan fingerprint density at radius 3 is 1.96 bits per heavy atom. The highest BCUT2D eigenvalue weighted by Crippen LogP contribution is 2.38. The summed E-state index contributed by atoms with van der Waals surface area (Å²) in [7, 11) is 1.69. The van der Waals surface area contributed by atoms with E-state index in [0.29, 0.717) is 21.1 Å². The van der Waals surface area contributed by atoms with Crippen LogP contribution in [0.3, 0.4) is 0 Å². The highest BCUT2D eigenvalue weighted by Gasteiger charge is 2.22. The number of benzene rings is 8. The van der Waals surface area contributed by atoms with Crippen LogP contribution >= 0.6 is 34.8 Å². The number of halogens is 3. The molecule has 1 atom stereocenters. The minimum absolute atomic E-state index is 0.130. The Kier molecular flexibility index (Phi) is 18.1. The summed E-state index contributed by atoms with van der Waals surface area (Å²) in [5, 5.41) is 12.4. The smallest absolute Gasteiger partial charge is 0.323 e. The molecule has 0 saturated heterocycles. The minimum atomic E-state index is -0.474. The number of urea groups is 1. The van der Waals surface area contributed by atoms with Crippen LogP contribution in [-0.2, 0) is 0 Å². The summed E-state index contributed by atoms with van der Waals surface area (Å²) in [4.78, 5) is 30.4. The van der Waals surface area contributed by atoms with Gasteiger partial charge in [-0.1, -0.05) is 109 Å². The van der Waals surface area contributed by atoms with Gasteiger partial charge in [-0.25, -0.2) is 14.8 Å². The van der Waals surface area contributed by atoms with Gasteiger partial charge >= 0.3 is 6.03 Å². The molecule has 1 unspecified atom stereocenters. The van der Waals surface area contributed by atoms with Crippen molar-refractivity contribution in [1.82, 2.24) is 19.4 Å². The van der Waals surface area contributed by atoms with Crippen LogP contribution in [-0.4, -0.2) is 64.3 Å². The molecule has 2 aliphatic heterocycles. The lowest BCUT2D eigenvalue weighted by Gasteiger charge is -2.22. The molecule has 4 N–H and O–H groups in total. The van der Waals surface area contributed by atoms with Crippen LogP contribution in [0.4, 0.5) is 33.2 Å². The number of ether oxygens (including phenoxy) is 1. The minimum Gasteiger partial charge on any atom is -0.497 e. The van der Waals surface area contributed by atoms with Gasteiger partial charge in [-0.2, -0.15) is 0 Å². The molecule has 11 rings (SSSR count). The third kappa shape index (κ3) is 13.3. The first-order valence-corrected chi connectivity index (χ1v) is 27.7. The van der Waals surface area contributed by atoms with E-state index in [9.17, 15) is 4.79 Å². The van der Waals surface area contributed by atoms with Crippen molar-refractivity contribution >= 4 is 114 Å². The molecule has 11 nitrogen and oxygen atoms in total. The van der Waals surface area contributed by atoms with Crippen molar-refractivity contribution in [2.24, 2.45) is 10.7 Å². The van der Waals surface area contributed by atoms with Crippen LogP contribution in [0.15, 0.2) is 175 Å². The van der Waals surface area contributed by atoms with Gasteiger partial charge in [-0.15, -0.1) is 0 Å². The molecule has 402 valence electrons. The number of amides is 2. The number of nitrogens with zero attached hydrogens (tertiary/aromatic N) is 6. The van der Waals surface area contributed by atoms with Crippen molar-refractivity contribution in [2.45, 2.75) is 59.5 Å². The molecule has 0 saturated carbocycles. The number of carbonyl (C=O) groups excluding carboxylic acids is 1. The monoisotopic (exact) mass is 1110 g/mol. The quantitative estimate of drug-likeness (QED) is 0.0982. The molecular weight excluding hydrogens is 1050 g/mol. The van der Waals surface area contributed by atoms with Crippen molar-refractivity contribution in [1.29, 1.82) is 0 Å². The van der Waals surface area contributed by atoms with E-state index in [1.807, 2.05) is 152 Å². The van der Waals surface area contributed by atoms with Crippen LogP contribution in [0, 0.1) is 0 Å². The third-order valence-corrected chi connectivity index (χ3v) is 14.4. The normalized spacial score (nSPS) is 12.4. The molecule has 7 aromatic carbocycles. The predicted octanol–water partition coefficient (Wildman–Crippen LogP) is 16.8. The Hall–Kier alpha value is -7.93. The Bertz CT molecular complexity index is 3770. The van der Waals surface area contributed by atoms with Crippen molar-refractivity contribution in [3.05, 3.63) is 201 Å². The summed E-state index contributed by atoms with van der Waals surface area (Å²) >= 11 is 18.5. The van der Waals surface area contributed by atoms with E-state index in [1.54, 1.807) is 12.0 Å². The van der Waals surface area contributed by atoms with Crippen molar-refractivity contribution < 1.29 is 9.53 Å². The van der Waals surface area contributed by atoms with Crippen molar-refractivity contribution in [2.75, 3.05) is 42.3 Å². The van der Waals surface area contributed by atoms with E-state index in [4.69, 9.17) is 60.2 Å². The molecule has 14 heteroatoms. The number of carbonyl (C=O) groups is 1. The molecule has 0 bridgehead atoms. The third-order valence-electron chi connectivity index (χ3n) is 13.7. The largest absolute Gasteiger partial charge is 0.497 e. The molecular formula is C65H64Cl3N9O2. The Labute approximate surface area is 477 Å². The topological polar surface area (TPSA) is 126 Å². The van der Waals surface area contributed by atoms with Gasteiger partial charge in [0.1, 0.15) is 5.75 Å².